The quantitative estimate of drug-likeness (QED) is 0.617. The fourth-order valence-electron chi connectivity index (χ4n) is 1.19. The van der Waals surface area contributed by atoms with Crippen LogP contribution in [0.1, 0.15) is 10.5 Å². The molecule has 12 heavy (non-hydrogen) atoms. The molecule has 60 valence electrons. The summed E-state index contributed by atoms with van der Waals surface area (Å²) < 4.78 is 1.51. The molecule has 4 nitrogen and oxygen atoms in total. The highest BCUT2D eigenvalue weighted by Crippen LogP contribution is 2.18. The number of carbonyl (C=O) groups is 2. The highest BCUT2D eigenvalue weighted by atomic mass is 16.4. The Balaban J connectivity index is 2.55. The van der Waals surface area contributed by atoms with Crippen LogP contribution in [-0.4, -0.2) is 21.4 Å². The van der Waals surface area contributed by atoms with Crippen molar-refractivity contribution >= 4 is 18.0 Å². The SMILES string of the molecule is O=C(O)C1=Cn2cccc2C1=O. The van der Waals surface area contributed by atoms with Crippen LogP contribution in [-0.2, 0) is 4.79 Å². The second-order valence-corrected chi connectivity index (χ2v) is 2.48. The van der Waals surface area contributed by atoms with E-state index >= 15 is 0 Å². The molecule has 1 aromatic heterocycles. The van der Waals surface area contributed by atoms with Gasteiger partial charge in [-0.1, -0.05) is 0 Å². The molecule has 0 spiro atoms. The molecule has 1 aliphatic heterocycles. The lowest BCUT2D eigenvalue weighted by Crippen LogP contribution is -2.07. The number of carboxylic acid groups (broad SMARTS) is 1. The van der Waals surface area contributed by atoms with Crippen molar-refractivity contribution in [3.05, 3.63) is 29.6 Å². The van der Waals surface area contributed by atoms with Gasteiger partial charge in [0.25, 0.3) is 0 Å². The summed E-state index contributed by atoms with van der Waals surface area (Å²) in [6, 6.07) is 3.29. The van der Waals surface area contributed by atoms with Gasteiger partial charge in [0.1, 0.15) is 5.57 Å². The van der Waals surface area contributed by atoms with Crippen LogP contribution < -0.4 is 0 Å². The van der Waals surface area contributed by atoms with Gasteiger partial charge in [-0.05, 0) is 12.1 Å². The number of ketones is 1. The van der Waals surface area contributed by atoms with Crippen LogP contribution in [0.2, 0.25) is 0 Å². The standard InChI is InChI=1S/C8H5NO3/c10-7-5(8(11)12)4-9-3-1-2-6(7)9/h1-4H,(H,11,12). The fourth-order valence-corrected chi connectivity index (χ4v) is 1.19. The van der Waals surface area contributed by atoms with Gasteiger partial charge in [0.05, 0.1) is 5.69 Å². The molecule has 2 heterocycles. The first-order valence-corrected chi connectivity index (χ1v) is 3.37. The molecule has 0 fully saturated rings. The van der Waals surface area contributed by atoms with Gasteiger partial charge in [0, 0.05) is 12.4 Å². The molecule has 0 saturated heterocycles. The minimum atomic E-state index is -1.18. The number of nitrogens with zero attached hydrogens (tertiary/aromatic N) is 1. The molecule has 0 aromatic carbocycles. The fraction of sp³-hybridized carbons (Fsp3) is 0. The first kappa shape index (κ1) is 6.84. The van der Waals surface area contributed by atoms with E-state index in [1.54, 1.807) is 18.3 Å². The predicted octanol–water partition coefficient (Wildman–Crippen LogP) is 0.610. The second kappa shape index (κ2) is 2.07. The number of fused-ring (bicyclic) bond motifs is 1. The largest absolute Gasteiger partial charge is 0.477 e. The lowest BCUT2D eigenvalue weighted by molar-refractivity contribution is -0.132. The summed E-state index contributed by atoms with van der Waals surface area (Å²) in [4.78, 5) is 21.7. The Morgan fingerprint density at radius 3 is 2.83 bits per heavy atom. The first-order valence-electron chi connectivity index (χ1n) is 3.37. The number of hydrogen-bond acceptors (Lipinski definition) is 2. The summed E-state index contributed by atoms with van der Waals surface area (Å²) >= 11 is 0. The van der Waals surface area contributed by atoms with Crippen molar-refractivity contribution in [3.63, 3.8) is 0 Å². The van der Waals surface area contributed by atoms with Crippen molar-refractivity contribution in [3.8, 4) is 0 Å². The van der Waals surface area contributed by atoms with E-state index < -0.39 is 11.8 Å². The number of Topliss-reactive ketones (excluding diaryl/α,β-unsaturated/α-hetero) is 1. The van der Waals surface area contributed by atoms with Crippen molar-refractivity contribution in [1.29, 1.82) is 0 Å². The Labute approximate surface area is 67.7 Å². The summed E-state index contributed by atoms with van der Waals surface area (Å²) in [5.74, 6) is -1.60. The maximum Gasteiger partial charge on any atom is 0.341 e. The number of rotatable bonds is 1. The van der Waals surface area contributed by atoms with E-state index in [1.807, 2.05) is 0 Å². The van der Waals surface area contributed by atoms with Gasteiger partial charge in [0.15, 0.2) is 0 Å². The Bertz CT molecular complexity index is 400. The summed E-state index contributed by atoms with van der Waals surface area (Å²) in [6.07, 6.45) is 2.96. The Morgan fingerprint density at radius 2 is 2.25 bits per heavy atom. The monoisotopic (exact) mass is 163 g/mol. The number of hydrogen-bond donors (Lipinski definition) is 1. The molecule has 0 amide bonds. The minimum Gasteiger partial charge on any atom is -0.477 e. The smallest absolute Gasteiger partial charge is 0.341 e. The van der Waals surface area contributed by atoms with Gasteiger partial charge in [-0.3, -0.25) is 4.79 Å². The Kier molecular flexibility index (Phi) is 1.18. The molecule has 4 heteroatoms. The summed E-state index contributed by atoms with van der Waals surface area (Å²) in [5, 5.41) is 8.57. The van der Waals surface area contributed by atoms with Crippen molar-refractivity contribution in [2.75, 3.05) is 0 Å². The maximum atomic E-state index is 11.2. The molecule has 0 atom stereocenters. The third-order valence-corrected chi connectivity index (χ3v) is 1.75. The topological polar surface area (TPSA) is 59.3 Å². The number of carbonyl (C=O) groups excluding carboxylic acids is 1. The van der Waals surface area contributed by atoms with Crippen LogP contribution >= 0.6 is 0 Å². The molecule has 0 saturated carbocycles. The average Bonchev–Trinajstić information content (AvgIpc) is 2.53. The molecular formula is C8H5NO3. The van der Waals surface area contributed by atoms with Gasteiger partial charge >= 0.3 is 5.97 Å². The normalized spacial score (nSPS) is 14.3. The van der Waals surface area contributed by atoms with E-state index in [-0.39, 0.29) is 5.57 Å². The van der Waals surface area contributed by atoms with Gasteiger partial charge in [-0.15, -0.1) is 0 Å². The van der Waals surface area contributed by atoms with Gasteiger partial charge in [-0.2, -0.15) is 0 Å². The van der Waals surface area contributed by atoms with Crippen LogP contribution in [0.15, 0.2) is 23.9 Å². The summed E-state index contributed by atoms with van der Waals surface area (Å²) in [5.41, 5.74) is 0.234. The highest BCUT2D eigenvalue weighted by molar-refractivity contribution is 6.27. The van der Waals surface area contributed by atoms with E-state index in [9.17, 15) is 9.59 Å². The highest BCUT2D eigenvalue weighted by Gasteiger charge is 2.26. The number of carboxylic acids is 1. The number of aromatic nitrogens is 1. The zero-order valence-corrected chi connectivity index (χ0v) is 6.02. The zero-order chi connectivity index (χ0) is 8.72. The first-order chi connectivity index (χ1) is 5.70. The summed E-state index contributed by atoms with van der Waals surface area (Å²) in [6.45, 7) is 0. The van der Waals surface area contributed by atoms with Gasteiger partial charge in [0.2, 0.25) is 5.78 Å². The molecule has 0 unspecified atom stereocenters. The van der Waals surface area contributed by atoms with E-state index in [0.717, 1.165) is 0 Å². The molecular weight excluding hydrogens is 158 g/mol. The van der Waals surface area contributed by atoms with Crippen LogP contribution in [0.25, 0.3) is 6.20 Å². The van der Waals surface area contributed by atoms with Gasteiger partial charge < -0.3 is 9.67 Å². The van der Waals surface area contributed by atoms with E-state index in [1.165, 1.54) is 10.8 Å². The summed E-state index contributed by atoms with van der Waals surface area (Å²) in [7, 11) is 0. The third-order valence-electron chi connectivity index (χ3n) is 1.75. The lowest BCUT2D eigenvalue weighted by Gasteiger charge is -1.88. The molecule has 2 rings (SSSR count). The Morgan fingerprint density at radius 1 is 1.50 bits per heavy atom. The van der Waals surface area contributed by atoms with Gasteiger partial charge in [-0.25, -0.2) is 4.79 Å². The van der Waals surface area contributed by atoms with Crippen LogP contribution in [0.5, 0.6) is 0 Å². The molecule has 1 N–H and O–H groups in total. The zero-order valence-electron chi connectivity index (χ0n) is 6.02. The number of aliphatic carboxylic acids is 1. The third kappa shape index (κ3) is 0.717. The van der Waals surface area contributed by atoms with Crippen LogP contribution in [0.4, 0.5) is 0 Å². The van der Waals surface area contributed by atoms with E-state index in [2.05, 4.69) is 0 Å². The minimum absolute atomic E-state index is 0.175. The van der Waals surface area contributed by atoms with Crippen molar-refractivity contribution in [2.24, 2.45) is 0 Å². The molecule has 0 radical (unpaired) electrons. The molecule has 0 bridgehead atoms. The van der Waals surface area contributed by atoms with E-state index in [4.69, 9.17) is 5.11 Å². The molecule has 0 aliphatic carbocycles. The maximum absolute atomic E-state index is 11.2. The van der Waals surface area contributed by atoms with Crippen LogP contribution in [0.3, 0.4) is 0 Å². The molecule has 1 aromatic rings. The lowest BCUT2D eigenvalue weighted by atomic mass is 10.2. The van der Waals surface area contributed by atoms with E-state index in [0.29, 0.717) is 5.69 Å². The average molecular weight is 163 g/mol. The molecule has 1 aliphatic rings. The second-order valence-electron chi connectivity index (χ2n) is 2.48. The predicted molar refractivity (Wildman–Crippen MR) is 40.7 cm³/mol. The van der Waals surface area contributed by atoms with Crippen molar-refractivity contribution in [2.45, 2.75) is 0 Å². The van der Waals surface area contributed by atoms with Crippen molar-refractivity contribution in [1.82, 2.24) is 4.57 Å². The van der Waals surface area contributed by atoms with Crippen LogP contribution in [0, 0.1) is 0 Å². The Hall–Kier alpha value is -1.84. The van der Waals surface area contributed by atoms with Crippen molar-refractivity contribution < 1.29 is 14.7 Å².